The fraction of sp³-hybridized carbons (Fsp3) is 0.440. The smallest absolute Gasteiger partial charge is 0.242 e. The molecule has 2 aromatic carbocycles. The number of nitrogens with one attached hydrogen (secondary N) is 1. The van der Waals surface area contributed by atoms with Crippen LogP contribution in [0.2, 0.25) is 0 Å². The number of benzene rings is 2. The van der Waals surface area contributed by atoms with E-state index in [1.807, 2.05) is 27.7 Å². The fourth-order valence-corrected chi connectivity index (χ4v) is 4.02. The molecule has 0 saturated heterocycles. The molecule has 0 bridgehead atoms. The molecule has 168 valence electrons. The van der Waals surface area contributed by atoms with Crippen molar-refractivity contribution in [2.24, 2.45) is 5.92 Å². The summed E-state index contributed by atoms with van der Waals surface area (Å²) in [5, 5.41) is 2.95. The van der Waals surface area contributed by atoms with E-state index in [1.165, 1.54) is 29.5 Å². The third-order valence-electron chi connectivity index (χ3n) is 4.95. The van der Waals surface area contributed by atoms with Crippen molar-refractivity contribution >= 4 is 23.6 Å². The molecule has 0 saturated carbocycles. The Morgan fingerprint density at radius 3 is 2.23 bits per heavy atom. The van der Waals surface area contributed by atoms with Crippen LogP contribution >= 0.6 is 11.8 Å². The fourth-order valence-electron chi connectivity index (χ4n) is 3.15. The third kappa shape index (κ3) is 8.37. The Kier molecular flexibility index (Phi) is 10.0. The molecule has 31 heavy (non-hydrogen) atoms. The summed E-state index contributed by atoms with van der Waals surface area (Å²) in [6, 6.07) is 13.8. The van der Waals surface area contributed by atoms with Crippen LogP contribution < -0.4 is 5.32 Å². The molecule has 0 aliphatic rings. The van der Waals surface area contributed by atoms with Gasteiger partial charge in [0.15, 0.2) is 0 Å². The van der Waals surface area contributed by atoms with E-state index in [4.69, 9.17) is 0 Å². The standard InChI is InChI=1S/C25H33FN2O2S/c1-5-23(25(30)27-14-18(2)3)28(15-20-10-12-22(26)13-11-20)24(29)17-31-16-21-8-6-19(4)7-9-21/h6-13,18,23H,5,14-17H2,1-4H3,(H,27,30)/t23-/m0/s1. The normalized spacial score (nSPS) is 11.9. The van der Waals surface area contributed by atoms with Gasteiger partial charge in [0.1, 0.15) is 11.9 Å². The molecule has 0 aliphatic carbocycles. The first-order chi connectivity index (χ1) is 14.8. The Morgan fingerprint density at radius 1 is 1.03 bits per heavy atom. The number of aryl methyl sites for hydroxylation is 1. The highest BCUT2D eigenvalue weighted by atomic mass is 32.2. The van der Waals surface area contributed by atoms with Gasteiger partial charge in [0.25, 0.3) is 0 Å². The zero-order chi connectivity index (χ0) is 22.8. The quantitative estimate of drug-likeness (QED) is 0.534. The van der Waals surface area contributed by atoms with E-state index in [2.05, 4.69) is 29.6 Å². The summed E-state index contributed by atoms with van der Waals surface area (Å²) in [4.78, 5) is 27.6. The summed E-state index contributed by atoms with van der Waals surface area (Å²) in [5.74, 6) is 0.781. The molecule has 0 radical (unpaired) electrons. The van der Waals surface area contributed by atoms with Crippen LogP contribution in [0.1, 0.15) is 43.9 Å². The van der Waals surface area contributed by atoms with E-state index in [1.54, 1.807) is 17.0 Å². The van der Waals surface area contributed by atoms with Crippen molar-refractivity contribution in [3.05, 3.63) is 71.0 Å². The minimum absolute atomic E-state index is 0.0898. The molecule has 2 amide bonds. The van der Waals surface area contributed by atoms with Crippen LogP contribution in [-0.4, -0.2) is 35.1 Å². The predicted molar refractivity (Wildman–Crippen MR) is 126 cm³/mol. The second-order valence-corrected chi connectivity index (χ2v) is 9.18. The number of hydrogen-bond donors (Lipinski definition) is 1. The molecule has 1 N–H and O–H groups in total. The highest BCUT2D eigenvalue weighted by molar-refractivity contribution is 7.99. The number of carbonyl (C=O) groups excluding carboxylic acids is 2. The molecule has 0 aromatic heterocycles. The van der Waals surface area contributed by atoms with Gasteiger partial charge in [0, 0.05) is 18.8 Å². The van der Waals surface area contributed by atoms with Gasteiger partial charge < -0.3 is 10.2 Å². The molecule has 6 heteroatoms. The second-order valence-electron chi connectivity index (χ2n) is 8.19. The molecule has 2 rings (SSSR count). The minimum atomic E-state index is -0.559. The third-order valence-corrected chi connectivity index (χ3v) is 5.94. The van der Waals surface area contributed by atoms with E-state index < -0.39 is 6.04 Å². The zero-order valence-corrected chi connectivity index (χ0v) is 19.7. The number of amides is 2. The van der Waals surface area contributed by atoms with Crippen LogP contribution in [0.3, 0.4) is 0 Å². The molecule has 0 unspecified atom stereocenters. The molecule has 0 fully saturated rings. The van der Waals surface area contributed by atoms with Gasteiger partial charge in [-0.15, -0.1) is 11.8 Å². The Morgan fingerprint density at radius 2 is 1.65 bits per heavy atom. The van der Waals surface area contributed by atoms with Crippen LogP contribution in [0.15, 0.2) is 48.5 Å². The van der Waals surface area contributed by atoms with E-state index in [9.17, 15) is 14.0 Å². The number of carbonyl (C=O) groups is 2. The first kappa shape index (κ1) is 24.9. The molecular formula is C25H33FN2O2S. The van der Waals surface area contributed by atoms with Crippen molar-refractivity contribution in [2.75, 3.05) is 12.3 Å². The molecule has 2 aromatic rings. The highest BCUT2D eigenvalue weighted by Gasteiger charge is 2.28. The average Bonchev–Trinajstić information content (AvgIpc) is 2.74. The molecule has 1 atom stereocenters. The monoisotopic (exact) mass is 444 g/mol. The van der Waals surface area contributed by atoms with E-state index in [0.717, 1.165) is 16.9 Å². The van der Waals surface area contributed by atoms with Gasteiger partial charge in [-0.3, -0.25) is 9.59 Å². The zero-order valence-electron chi connectivity index (χ0n) is 18.9. The number of thioether (sulfide) groups is 1. The maximum atomic E-state index is 13.3. The van der Waals surface area contributed by atoms with Gasteiger partial charge >= 0.3 is 0 Å². The van der Waals surface area contributed by atoms with Crippen LogP contribution in [0.5, 0.6) is 0 Å². The number of rotatable bonds is 11. The van der Waals surface area contributed by atoms with Crippen molar-refractivity contribution in [1.29, 1.82) is 0 Å². The minimum Gasteiger partial charge on any atom is -0.354 e. The van der Waals surface area contributed by atoms with Gasteiger partial charge in [-0.05, 0) is 42.5 Å². The Hall–Kier alpha value is -2.34. The lowest BCUT2D eigenvalue weighted by molar-refractivity contribution is -0.139. The lowest BCUT2D eigenvalue weighted by Crippen LogP contribution is -2.50. The summed E-state index contributed by atoms with van der Waals surface area (Å²) < 4.78 is 13.3. The van der Waals surface area contributed by atoms with Gasteiger partial charge in [-0.1, -0.05) is 62.7 Å². The summed E-state index contributed by atoms with van der Waals surface area (Å²) in [7, 11) is 0. The van der Waals surface area contributed by atoms with Crippen molar-refractivity contribution < 1.29 is 14.0 Å². The summed E-state index contributed by atoms with van der Waals surface area (Å²) in [6.07, 6.45) is 0.513. The van der Waals surface area contributed by atoms with Crippen molar-refractivity contribution in [2.45, 2.75) is 52.5 Å². The topological polar surface area (TPSA) is 49.4 Å². The van der Waals surface area contributed by atoms with Crippen molar-refractivity contribution in [3.8, 4) is 0 Å². The molecule has 0 aliphatic heterocycles. The van der Waals surface area contributed by atoms with Crippen LogP contribution in [0, 0.1) is 18.7 Å². The van der Waals surface area contributed by atoms with E-state index >= 15 is 0 Å². The lowest BCUT2D eigenvalue weighted by atomic mass is 10.1. The molecule has 0 heterocycles. The number of halogens is 1. The lowest BCUT2D eigenvalue weighted by Gasteiger charge is -2.31. The van der Waals surface area contributed by atoms with Gasteiger partial charge in [-0.2, -0.15) is 0 Å². The van der Waals surface area contributed by atoms with Crippen LogP contribution in [0.4, 0.5) is 4.39 Å². The van der Waals surface area contributed by atoms with Gasteiger partial charge in [-0.25, -0.2) is 4.39 Å². The second kappa shape index (κ2) is 12.5. The average molecular weight is 445 g/mol. The Balaban J connectivity index is 2.10. The maximum absolute atomic E-state index is 13.3. The molecule has 4 nitrogen and oxygen atoms in total. The largest absolute Gasteiger partial charge is 0.354 e. The number of nitrogens with zero attached hydrogens (tertiary/aromatic N) is 1. The Bertz CT molecular complexity index is 838. The first-order valence-electron chi connectivity index (χ1n) is 10.7. The molecular weight excluding hydrogens is 411 g/mol. The van der Waals surface area contributed by atoms with Crippen LogP contribution in [-0.2, 0) is 21.9 Å². The highest BCUT2D eigenvalue weighted by Crippen LogP contribution is 2.18. The summed E-state index contributed by atoms with van der Waals surface area (Å²) in [6.45, 7) is 8.86. The predicted octanol–water partition coefficient (Wildman–Crippen LogP) is 4.95. The Labute approximate surface area is 189 Å². The van der Waals surface area contributed by atoms with Gasteiger partial charge in [0.05, 0.1) is 5.75 Å². The molecule has 0 spiro atoms. The van der Waals surface area contributed by atoms with Crippen molar-refractivity contribution in [1.82, 2.24) is 10.2 Å². The van der Waals surface area contributed by atoms with E-state index in [0.29, 0.717) is 18.9 Å². The van der Waals surface area contributed by atoms with Crippen molar-refractivity contribution in [3.63, 3.8) is 0 Å². The van der Waals surface area contributed by atoms with Crippen LogP contribution in [0.25, 0.3) is 0 Å². The summed E-state index contributed by atoms with van der Waals surface area (Å²) in [5.41, 5.74) is 3.16. The summed E-state index contributed by atoms with van der Waals surface area (Å²) >= 11 is 1.54. The number of hydrogen-bond acceptors (Lipinski definition) is 3. The van der Waals surface area contributed by atoms with E-state index in [-0.39, 0.29) is 29.9 Å². The maximum Gasteiger partial charge on any atom is 0.242 e. The SMILES string of the molecule is CC[C@@H](C(=O)NCC(C)C)N(Cc1ccc(F)cc1)C(=O)CSCc1ccc(C)cc1. The first-order valence-corrected chi connectivity index (χ1v) is 11.9. The van der Waals surface area contributed by atoms with Gasteiger partial charge in [0.2, 0.25) is 11.8 Å².